The van der Waals surface area contributed by atoms with Crippen molar-refractivity contribution in [3.8, 4) is 11.3 Å². The van der Waals surface area contributed by atoms with Crippen molar-refractivity contribution in [1.29, 1.82) is 0 Å². The first kappa shape index (κ1) is 16.0. The number of nitrogens with one attached hydrogen (secondary N) is 1. The number of esters is 1. The van der Waals surface area contributed by atoms with Gasteiger partial charge in [0.25, 0.3) is 0 Å². The molecule has 0 aliphatic rings. The van der Waals surface area contributed by atoms with E-state index in [4.69, 9.17) is 10.5 Å². The van der Waals surface area contributed by atoms with Crippen LogP contribution in [0.3, 0.4) is 0 Å². The van der Waals surface area contributed by atoms with Crippen LogP contribution in [0.4, 0.5) is 0 Å². The SMILES string of the molecule is N[C@H](Cc1ncc(-c2ccccc2)[nH]1)C(=O)OCc1ccccc1. The predicted octanol–water partition coefficient (Wildman–Crippen LogP) is 2.69. The third kappa shape index (κ3) is 4.08. The number of imidazole rings is 1. The molecule has 3 N–H and O–H groups in total. The number of nitrogens with zero attached hydrogens (tertiary/aromatic N) is 1. The number of nitrogens with two attached hydrogens (primary N) is 1. The van der Waals surface area contributed by atoms with Crippen LogP contribution >= 0.6 is 0 Å². The molecular weight excluding hydrogens is 302 g/mol. The van der Waals surface area contributed by atoms with Crippen molar-refractivity contribution in [2.75, 3.05) is 0 Å². The molecule has 0 unspecified atom stereocenters. The van der Waals surface area contributed by atoms with E-state index in [1.807, 2.05) is 60.7 Å². The molecule has 0 spiro atoms. The lowest BCUT2D eigenvalue weighted by molar-refractivity contribution is -0.146. The molecule has 5 heteroatoms. The van der Waals surface area contributed by atoms with Gasteiger partial charge in [0.2, 0.25) is 0 Å². The highest BCUT2D eigenvalue weighted by Crippen LogP contribution is 2.16. The van der Waals surface area contributed by atoms with Crippen molar-refractivity contribution in [1.82, 2.24) is 9.97 Å². The zero-order chi connectivity index (χ0) is 16.8. The Labute approximate surface area is 140 Å². The van der Waals surface area contributed by atoms with E-state index in [1.54, 1.807) is 6.20 Å². The van der Waals surface area contributed by atoms with Crippen LogP contribution in [0.5, 0.6) is 0 Å². The average molecular weight is 321 g/mol. The first-order valence-corrected chi connectivity index (χ1v) is 7.78. The molecule has 3 rings (SSSR count). The van der Waals surface area contributed by atoms with Crippen molar-refractivity contribution >= 4 is 5.97 Å². The van der Waals surface area contributed by atoms with E-state index in [-0.39, 0.29) is 6.61 Å². The summed E-state index contributed by atoms with van der Waals surface area (Å²) in [5.74, 6) is 0.231. The number of aromatic amines is 1. The fourth-order valence-electron chi connectivity index (χ4n) is 2.36. The number of ether oxygens (including phenoxy) is 1. The highest BCUT2D eigenvalue weighted by molar-refractivity contribution is 5.75. The first-order valence-electron chi connectivity index (χ1n) is 7.78. The van der Waals surface area contributed by atoms with Crippen LogP contribution in [0.1, 0.15) is 11.4 Å². The average Bonchev–Trinajstić information content (AvgIpc) is 3.10. The second kappa shape index (κ2) is 7.57. The highest BCUT2D eigenvalue weighted by atomic mass is 16.5. The first-order chi connectivity index (χ1) is 11.7. The Kier molecular flexibility index (Phi) is 5.03. The van der Waals surface area contributed by atoms with Crippen LogP contribution < -0.4 is 5.73 Å². The third-order valence-electron chi connectivity index (χ3n) is 3.65. The molecule has 0 bridgehead atoms. The molecule has 0 fully saturated rings. The Hall–Kier alpha value is -2.92. The second-order valence-corrected chi connectivity index (χ2v) is 5.51. The molecule has 0 aliphatic carbocycles. The van der Waals surface area contributed by atoms with Gasteiger partial charge in [-0.1, -0.05) is 60.7 Å². The Morgan fingerprint density at radius 1 is 1.08 bits per heavy atom. The number of hydrogen-bond donors (Lipinski definition) is 2. The van der Waals surface area contributed by atoms with Crippen LogP contribution in [0.25, 0.3) is 11.3 Å². The van der Waals surface area contributed by atoms with Gasteiger partial charge in [-0.25, -0.2) is 4.98 Å². The van der Waals surface area contributed by atoms with Gasteiger partial charge in [-0.05, 0) is 11.1 Å². The fraction of sp³-hybridized carbons (Fsp3) is 0.158. The summed E-state index contributed by atoms with van der Waals surface area (Å²) in [6.45, 7) is 0.223. The third-order valence-corrected chi connectivity index (χ3v) is 3.65. The van der Waals surface area contributed by atoms with E-state index in [9.17, 15) is 4.79 Å². The molecule has 1 heterocycles. The number of rotatable bonds is 6. The van der Waals surface area contributed by atoms with E-state index >= 15 is 0 Å². The van der Waals surface area contributed by atoms with Gasteiger partial charge in [-0.15, -0.1) is 0 Å². The van der Waals surface area contributed by atoms with Crippen LogP contribution in [-0.4, -0.2) is 22.0 Å². The summed E-state index contributed by atoms with van der Waals surface area (Å²) in [6.07, 6.45) is 2.05. The lowest BCUT2D eigenvalue weighted by Crippen LogP contribution is -2.34. The Balaban J connectivity index is 1.55. The number of H-pyrrole nitrogens is 1. The molecule has 24 heavy (non-hydrogen) atoms. The highest BCUT2D eigenvalue weighted by Gasteiger charge is 2.17. The summed E-state index contributed by atoms with van der Waals surface area (Å²) >= 11 is 0. The number of hydrogen-bond acceptors (Lipinski definition) is 4. The van der Waals surface area contributed by atoms with Gasteiger partial charge in [-0.2, -0.15) is 0 Å². The van der Waals surface area contributed by atoms with Crippen molar-refractivity contribution < 1.29 is 9.53 Å². The van der Waals surface area contributed by atoms with Crippen LogP contribution in [0, 0.1) is 0 Å². The fourth-order valence-corrected chi connectivity index (χ4v) is 2.36. The summed E-state index contributed by atoms with van der Waals surface area (Å²) < 4.78 is 5.25. The van der Waals surface area contributed by atoms with Crippen molar-refractivity contribution in [2.45, 2.75) is 19.1 Å². The van der Waals surface area contributed by atoms with Gasteiger partial charge >= 0.3 is 5.97 Å². The minimum absolute atomic E-state index is 0.223. The standard InChI is InChI=1S/C19H19N3O2/c20-16(19(23)24-13-14-7-3-1-4-8-14)11-18-21-12-17(22-18)15-9-5-2-6-10-15/h1-10,12,16H,11,13,20H2,(H,21,22)/t16-/m1/s1. The van der Waals surface area contributed by atoms with Crippen molar-refractivity contribution in [3.05, 3.63) is 78.2 Å². The van der Waals surface area contributed by atoms with Gasteiger partial charge < -0.3 is 15.5 Å². The van der Waals surface area contributed by atoms with Crippen molar-refractivity contribution in [3.63, 3.8) is 0 Å². The maximum absolute atomic E-state index is 12.0. The predicted molar refractivity (Wildman–Crippen MR) is 91.9 cm³/mol. The minimum Gasteiger partial charge on any atom is -0.460 e. The van der Waals surface area contributed by atoms with Gasteiger partial charge in [-0.3, -0.25) is 4.79 Å². The van der Waals surface area contributed by atoms with Crippen LogP contribution in [0.2, 0.25) is 0 Å². The van der Waals surface area contributed by atoms with Gasteiger partial charge in [0.1, 0.15) is 18.5 Å². The van der Waals surface area contributed by atoms with E-state index < -0.39 is 12.0 Å². The molecule has 0 aliphatic heterocycles. The number of carbonyl (C=O) groups is 1. The zero-order valence-electron chi connectivity index (χ0n) is 13.2. The molecule has 1 atom stereocenters. The summed E-state index contributed by atoms with van der Waals surface area (Å²) in [6, 6.07) is 18.6. The molecule has 122 valence electrons. The Morgan fingerprint density at radius 3 is 2.46 bits per heavy atom. The maximum Gasteiger partial charge on any atom is 0.323 e. The van der Waals surface area contributed by atoms with Gasteiger partial charge in [0, 0.05) is 6.42 Å². The van der Waals surface area contributed by atoms with Gasteiger partial charge in [0.15, 0.2) is 0 Å². The molecule has 1 aromatic heterocycles. The summed E-state index contributed by atoms with van der Waals surface area (Å²) in [7, 11) is 0. The number of carbonyl (C=O) groups excluding carboxylic acids is 1. The van der Waals surface area contributed by atoms with E-state index in [1.165, 1.54) is 0 Å². The summed E-state index contributed by atoms with van der Waals surface area (Å²) in [5, 5.41) is 0. The van der Waals surface area contributed by atoms with Crippen LogP contribution in [-0.2, 0) is 22.6 Å². The van der Waals surface area contributed by atoms with Crippen molar-refractivity contribution in [2.24, 2.45) is 5.73 Å². The Morgan fingerprint density at radius 2 is 1.75 bits per heavy atom. The Bertz CT molecular complexity index is 785. The largest absolute Gasteiger partial charge is 0.460 e. The lowest BCUT2D eigenvalue weighted by atomic mass is 10.2. The minimum atomic E-state index is -0.747. The molecule has 0 amide bonds. The summed E-state index contributed by atoms with van der Waals surface area (Å²) in [5.41, 5.74) is 8.80. The molecule has 2 aromatic carbocycles. The lowest BCUT2D eigenvalue weighted by Gasteiger charge is -2.10. The van der Waals surface area contributed by atoms with Crippen LogP contribution in [0.15, 0.2) is 66.9 Å². The molecule has 0 radical (unpaired) electrons. The molecule has 5 nitrogen and oxygen atoms in total. The normalized spacial score (nSPS) is 11.9. The van der Waals surface area contributed by atoms with Gasteiger partial charge in [0.05, 0.1) is 11.9 Å². The maximum atomic E-state index is 12.0. The van der Waals surface area contributed by atoms with E-state index in [2.05, 4.69) is 9.97 Å². The molecule has 3 aromatic rings. The molecule has 0 saturated heterocycles. The quantitative estimate of drug-likeness (QED) is 0.684. The molecular formula is C19H19N3O2. The zero-order valence-corrected chi connectivity index (χ0v) is 13.2. The number of benzene rings is 2. The van der Waals surface area contributed by atoms with E-state index in [0.29, 0.717) is 12.2 Å². The van der Waals surface area contributed by atoms with E-state index in [0.717, 1.165) is 16.8 Å². The monoisotopic (exact) mass is 321 g/mol. The topological polar surface area (TPSA) is 81.0 Å². The summed E-state index contributed by atoms with van der Waals surface area (Å²) in [4.78, 5) is 19.5. The molecule has 0 saturated carbocycles. The second-order valence-electron chi connectivity index (χ2n) is 5.51. The smallest absolute Gasteiger partial charge is 0.323 e. The number of aromatic nitrogens is 2.